The van der Waals surface area contributed by atoms with Crippen molar-refractivity contribution < 1.29 is 14.3 Å². The van der Waals surface area contributed by atoms with E-state index < -0.39 is 0 Å². The minimum absolute atomic E-state index is 0.0290. The Balaban J connectivity index is 1.33. The number of carbonyl (C=O) groups excluding carboxylic acids is 1. The van der Waals surface area contributed by atoms with Crippen LogP contribution in [0.2, 0.25) is 0 Å². The minimum Gasteiger partial charge on any atom is -0.488 e. The molecule has 35 heavy (non-hydrogen) atoms. The maximum Gasteiger partial charge on any atom is 0.254 e. The van der Waals surface area contributed by atoms with Crippen molar-refractivity contribution in [1.29, 1.82) is 0 Å². The van der Waals surface area contributed by atoms with Crippen LogP contribution in [-0.2, 0) is 17.8 Å². The molecule has 1 aliphatic rings. The minimum atomic E-state index is -0.0290. The van der Waals surface area contributed by atoms with E-state index in [1.807, 2.05) is 89.8 Å². The third-order valence-electron chi connectivity index (χ3n) is 6.09. The monoisotopic (exact) mass is 464 g/mol. The van der Waals surface area contributed by atoms with Gasteiger partial charge in [-0.05, 0) is 53.1 Å². The molecule has 1 saturated heterocycles. The van der Waals surface area contributed by atoms with Gasteiger partial charge in [0.1, 0.15) is 11.9 Å². The first kappa shape index (κ1) is 22.8. The number of carbonyl (C=O) groups is 1. The number of aromatic nitrogens is 1. The summed E-state index contributed by atoms with van der Waals surface area (Å²) in [6, 6.07) is 31.7. The highest BCUT2D eigenvalue weighted by molar-refractivity contribution is 5.94. The van der Waals surface area contributed by atoms with Gasteiger partial charge in [-0.25, -0.2) is 0 Å². The summed E-state index contributed by atoms with van der Waals surface area (Å²) in [4.78, 5) is 19.8. The molecule has 0 spiro atoms. The summed E-state index contributed by atoms with van der Waals surface area (Å²) in [5.41, 5.74) is 4.75. The Kier molecular flexibility index (Phi) is 7.16. The Bertz CT molecular complexity index is 1220. The number of pyridine rings is 1. The van der Waals surface area contributed by atoms with Gasteiger partial charge in [-0.15, -0.1) is 0 Å². The third-order valence-corrected chi connectivity index (χ3v) is 6.09. The second kappa shape index (κ2) is 11.0. The quantitative estimate of drug-likeness (QED) is 0.333. The molecule has 1 aromatic heterocycles. The number of ether oxygens (including phenoxy) is 2. The van der Waals surface area contributed by atoms with Crippen LogP contribution in [0.4, 0.5) is 0 Å². The van der Waals surface area contributed by atoms with Crippen molar-refractivity contribution >= 4 is 5.91 Å². The zero-order valence-electron chi connectivity index (χ0n) is 19.5. The van der Waals surface area contributed by atoms with Crippen LogP contribution in [0.15, 0.2) is 103 Å². The number of amides is 1. The van der Waals surface area contributed by atoms with Gasteiger partial charge in [-0.2, -0.15) is 0 Å². The molecule has 1 fully saturated rings. The number of benzene rings is 3. The highest BCUT2D eigenvalue weighted by atomic mass is 16.5. The van der Waals surface area contributed by atoms with Gasteiger partial charge in [0.2, 0.25) is 0 Å². The zero-order valence-corrected chi connectivity index (χ0v) is 19.5. The Hall–Kier alpha value is -3.96. The average molecular weight is 465 g/mol. The van der Waals surface area contributed by atoms with Crippen LogP contribution in [0.3, 0.4) is 0 Å². The van der Waals surface area contributed by atoms with Crippen LogP contribution in [-0.4, -0.2) is 35.1 Å². The molecule has 0 N–H and O–H groups in total. The number of rotatable bonds is 8. The molecule has 5 heteroatoms. The fourth-order valence-electron chi connectivity index (χ4n) is 4.20. The third kappa shape index (κ3) is 5.94. The van der Waals surface area contributed by atoms with Crippen molar-refractivity contribution in [2.75, 3.05) is 13.2 Å². The van der Waals surface area contributed by atoms with Crippen LogP contribution in [0.5, 0.6) is 5.75 Å². The lowest BCUT2D eigenvalue weighted by molar-refractivity contribution is 0.0728. The lowest BCUT2D eigenvalue weighted by Crippen LogP contribution is -2.30. The fourth-order valence-corrected chi connectivity index (χ4v) is 4.20. The standard InChI is InChI=1S/C30H28N2O3/c33-30(26-13-11-25(12-14-26)24-6-2-1-3-7-24)32(21-27-8-4-5-18-31-27)20-23-9-15-28(16-10-23)35-29-17-19-34-22-29/h1-16,18,29H,17,19-22H2. The summed E-state index contributed by atoms with van der Waals surface area (Å²) in [6.07, 6.45) is 2.78. The van der Waals surface area contributed by atoms with E-state index in [-0.39, 0.29) is 12.0 Å². The summed E-state index contributed by atoms with van der Waals surface area (Å²) in [5, 5.41) is 0. The van der Waals surface area contributed by atoms with Gasteiger partial charge < -0.3 is 14.4 Å². The number of hydrogen-bond acceptors (Lipinski definition) is 4. The molecular formula is C30H28N2O3. The molecule has 0 saturated carbocycles. The predicted molar refractivity (Wildman–Crippen MR) is 136 cm³/mol. The van der Waals surface area contributed by atoms with Crippen molar-refractivity contribution in [1.82, 2.24) is 9.88 Å². The van der Waals surface area contributed by atoms with Gasteiger partial charge >= 0.3 is 0 Å². The smallest absolute Gasteiger partial charge is 0.254 e. The number of nitrogens with zero attached hydrogens (tertiary/aromatic N) is 2. The molecule has 176 valence electrons. The van der Waals surface area contributed by atoms with E-state index in [1.54, 1.807) is 6.20 Å². The van der Waals surface area contributed by atoms with Gasteiger partial charge in [0.15, 0.2) is 0 Å². The molecule has 3 aromatic carbocycles. The average Bonchev–Trinajstić information content (AvgIpc) is 3.43. The van der Waals surface area contributed by atoms with E-state index in [4.69, 9.17) is 9.47 Å². The predicted octanol–water partition coefficient (Wildman–Crippen LogP) is 5.76. The highest BCUT2D eigenvalue weighted by Crippen LogP contribution is 2.22. The SMILES string of the molecule is O=C(c1ccc(-c2ccccc2)cc1)N(Cc1ccc(OC2CCOC2)cc1)Cc1ccccn1. The van der Waals surface area contributed by atoms with E-state index in [0.717, 1.165) is 41.2 Å². The molecule has 4 aromatic rings. The molecule has 1 aliphatic heterocycles. The lowest BCUT2D eigenvalue weighted by Gasteiger charge is -2.23. The van der Waals surface area contributed by atoms with Crippen molar-refractivity contribution in [3.05, 3.63) is 120 Å². The van der Waals surface area contributed by atoms with E-state index in [9.17, 15) is 4.79 Å². The Morgan fingerprint density at radius 2 is 1.60 bits per heavy atom. The van der Waals surface area contributed by atoms with Gasteiger partial charge in [-0.1, -0.05) is 60.7 Å². The topological polar surface area (TPSA) is 51.7 Å². The van der Waals surface area contributed by atoms with Crippen LogP contribution < -0.4 is 4.74 Å². The molecule has 1 amide bonds. The van der Waals surface area contributed by atoms with Crippen molar-refractivity contribution in [2.45, 2.75) is 25.6 Å². The molecule has 0 bridgehead atoms. The second-order valence-electron chi connectivity index (χ2n) is 8.67. The molecule has 5 nitrogen and oxygen atoms in total. The molecule has 2 heterocycles. The zero-order chi connectivity index (χ0) is 23.9. The van der Waals surface area contributed by atoms with Gasteiger partial charge in [-0.3, -0.25) is 9.78 Å². The Morgan fingerprint density at radius 3 is 2.29 bits per heavy atom. The first-order valence-corrected chi connectivity index (χ1v) is 11.9. The maximum absolute atomic E-state index is 13.6. The Morgan fingerprint density at radius 1 is 0.857 bits per heavy atom. The van der Waals surface area contributed by atoms with E-state index in [0.29, 0.717) is 25.3 Å². The molecule has 0 radical (unpaired) electrons. The summed E-state index contributed by atoms with van der Waals surface area (Å²) in [6.45, 7) is 2.29. The summed E-state index contributed by atoms with van der Waals surface area (Å²) in [7, 11) is 0. The first-order chi connectivity index (χ1) is 17.2. The van der Waals surface area contributed by atoms with Crippen molar-refractivity contribution in [2.24, 2.45) is 0 Å². The van der Waals surface area contributed by atoms with E-state index in [2.05, 4.69) is 17.1 Å². The van der Waals surface area contributed by atoms with Crippen molar-refractivity contribution in [3.63, 3.8) is 0 Å². The largest absolute Gasteiger partial charge is 0.488 e. The molecular weight excluding hydrogens is 436 g/mol. The van der Waals surface area contributed by atoms with Crippen LogP contribution in [0.1, 0.15) is 28.0 Å². The first-order valence-electron chi connectivity index (χ1n) is 11.9. The number of hydrogen-bond donors (Lipinski definition) is 0. The summed E-state index contributed by atoms with van der Waals surface area (Å²) in [5.74, 6) is 0.794. The van der Waals surface area contributed by atoms with Gasteiger partial charge in [0, 0.05) is 24.7 Å². The van der Waals surface area contributed by atoms with Crippen LogP contribution >= 0.6 is 0 Å². The molecule has 5 rings (SSSR count). The second-order valence-corrected chi connectivity index (χ2v) is 8.67. The van der Waals surface area contributed by atoms with Crippen LogP contribution in [0.25, 0.3) is 11.1 Å². The van der Waals surface area contributed by atoms with Gasteiger partial charge in [0.05, 0.1) is 25.5 Å². The van der Waals surface area contributed by atoms with Crippen LogP contribution in [0, 0.1) is 0 Å². The summed E-state index contributed by atoms with van der Waals surface area (Å²) < 4.78 is 11.4. The Labute approximate surface area is 206 Å². The fraction of sp³-hybridized carbons (Fsp3) is 0.200. The molecule has 0 aliphatic carbocycles. The summed E-state index contributed by atoms with van der Waals surface area (Å²) >= 11 is 0. The molecule has 1 unspecified atom stereocenters. The molecule has 1 atom stereocenters. The lowest BCUT2D eigenvalue weighted by atomic mass is 10.0. The highest BCUT2D eigenvalue weighted by Gasteiger charge is 2.19. The maximum atomic E-state index is 13.6. The van der Waals surface area contributed by atoms with E-state index in [1.165, 1.54) is 0 Å². The normalized spacial score (nSPS) is 15.0. The van der Waals surface area contributed by atoms with E-state index >= 15 is 0 Å². The van der Waals surface area contributed by atoms with Crippen molar-refractivity contribution in [3.8, 4) is 16.9 Å². The van der Waals surface area contributed by atoms with Gasteiger partial charge in [0.25, 0.3) is 5.91 Å².